The number of benzene rings is 2. The van der Waals surface area contributed by atoms with Gasteiger partial charge in [-0.3, -0.25) is 4.79 Å². The predicted molar refractivity (Wildman–Crippen MR) is 130 cm³/mol. The number of hydrogen-bond acceptors (Lipinski definition) is 5. The minimum atomic E-state index is -0.460. The molecule has 2 heterocycles. The van der Waals surface area contributed by atoms with Gasteiger partial charge in [0.2, 0.25) is 0 Å². The molecule has 0 fully saturated rings. The van der Waals surface area contributed by atoms with E-state index in [4.69, 9.17) is 21.3 Å². The third kappa shape index (κ3) is 3.99. The van der Waals surface area contributed by atoms with Gasteiger partial charge in [-0.05, 0) is 37.1 Å². The van der Waals surface area contributed by atoms with E-state index in [1.165, 1.54) is 18.4 Å². The molecule has 0 saturated carbocycles. The summed E-state index contributed by atoms with van der Waals surface area (Å²) in [5, 5.41) is 4.69. The lowest BCUT2D eigenvalue weighted by molar-refractivity contribution is 0.0601. The molecule has 0 aliphatic heterocycles. The Labute approximate surface area is 195 Å². The van der Waals surface area contributed by atoms with Crippen molar-refractivity contribution in [3.8, 4) is 11.3 Å². The van der Waals surface area contributed by atoms with Crippen molar-refractivity contribution in [2.45, 2.75) is 20.3 Å². The number of halogens is 1. The van der Waals surface area contributed by atoms with E-state index in [9.17, 15) is 9.59 Å². The van der Waals surface area contributed by atoms with Crippen molar-refractivity contribution in [3.05, 3.63) is 81.2 Å². The molecule has 4 aromatic rings. The Morgan fingerprint density at radius 1 is 1.12 bits per heavy atom. The van der Waals surface area contributed by atoms with Crippen molar-refractivity contribution in [2.75, 3.05) is 12.4 Å². The molecule has 0 aliphatic rings. The second-order valence-corrected chi connectivity index (χ2v) is 8.82. The minimum absolute atomic E-state index is 0.328. The van der Waals surface area contributed by atoms with E-state index in [1.54, 1.807) is 12.1 Å². The molecule has 1 N–H and O–H groups in total. The van der Waals surface area contributed by atoms with E-state index < -0.39 is 5.97 Å². The van der Waals surface area contributed by atoms with Gasteiger partial charge in [-0.2, -0.15) is 0 Å². The quantitative estimate of drug-likeness (QED) is 0.341. The van der Waals surface area contributed by atoms with Crippen LogP contribution in [0.1, 0.15) is 38.1 Å². The molecule has 0 saturated heterocycles. The molecule has 2 aromatic carbocycles. The smallest absolute Gasteiger partial charge is 0.341 e. The van der Waals surface area contributed by atoms with Crippen molar-refractivity contribution in [2.24, 2.45) is 0 Å². The Bertz CT molecular complexity index is 1350. The molecule has 2 aromatic heterocycles. The van der Waals surface area contributed by atoms with Crippen molar-refractivity contribution in [3.63, 3.8) is 0 Å². The Hall–Kier alpha value is -3.22. The molecular weight excluding hydrogens is 444 g/mol. The van der Waals surface area contributed by atoms with Gasteiger partial charge >= 0.3 is 5.97 Å². The standard InChI is InChI=1S/C25H21ClN2O3S/c1-4-15-14(2)32-24(22(15)25(30)31-3)28-23(29)18-13-21(17-10-5-7-11-19(17)26)27-20-12-8-6-9-16(18)20/h5-13H,4H2,1-3H3,(H,28,29). The number of esters is 1. The highest BCUT2D eigenvalue weighted by Gasteiger charge is 2.24. The van der Waals surface area contributed by atoms with Gasteiger partial charge in [0.1, 0.15) is 5.00 Å². The fourth-order valence-electron chi connectivity index (χ4n) is 3.75. The predicted octanol–water partition coefficient (Wildman–Crippen LogP) is 6.53. The number of thiophene rings is 1. The number of carbonyl (C=O) groups is 2. The van der Waals surface area contributed by atoms with E-state index in [1.807, 2.05) is 56.3 Å². The Morgan fingerprint density at radius 3 is 2.56 bits per heavy atom. The lowest BCUT2D eigenvalue weighted by Crippen LogP contribution is -2.15. The zero-order chi connectivity index (χ0) is 22.8. The van der Waals surface area contributed by atoms with Crippen LogP contribution in [0.4, 0.5) is 5.00 Å². The molecule has 0 spiro atoms. The number of hydrogen-bond donors (Lipinski definition) is 1. The van der Waals surface area contributed by atoms with Crippen LogP contribution < -0.4 is 5.32 Å². The molecule has 162 valence electrons. The van der Waals surface area contributed by atoms with Crippen LogP contribution >= 0.6 is 22.9 Å². The second-order valence-electron chi connectivity index (χ2n) is 7.19. The molecule has 0 radical (unpaired) electrons. The summed E-state index contributed by atoms with van der Waals surface area (Å²) in [6.45, 7) is 3.91. The Morgan fingerprint density at radius 2 is 1.84 bits per heavy atom. The monoisotopic (exact) mass is 464 g/mol. The maximum Gasteiger partial charge on any atom is 0.341 e. The Kier molecular flexibility index (Phi) is 6.26. The fraction of sp³-hybridized carbons (Fsp3) is 0.160. The summed E-state index contributed by atoms with van der Waals surface area (Å²) in [5.74, 6) is -0.788. The number of pyridine rings is 1. The number of anilines is 1. The summed E-state index contributed by atoms with van der Waals surface area (Å²) in [6.07, 6.45) is 0.664. The second kappa shape index (κ2) is 9.10. The number of rotatable bonds is 5. The molecular formula is C25H21ClN2O3S. The molecule has 32 heavy (non-hydrogen) atoms. The first-order chi connectivity index (χ1) is 15.4. The first-order valence-corrected chi connectivity index (χ1v) is 11.3. The summed E-state index contributed by atoms with van der Waals surface area (Å²) < 4.78 is 4.97. The molecule has 0 atom stereocenters. The van der Waals surface area contributed by atoms with E-state index in [-0.39, 0.29) is 5.91 Å². The van der Waals surface area contributed by atoms with E-state index in [0.29, 0.717) is 44.2 Å². The fourth-order valence-corrected chi connectivity index (χ4v) is 5.11. The number of methoxy groups -OCH3 is 1. The average Bonchev–Trinajstić information content (AvgIpc) is 3.12. The first-order valence-electron chi connectivity index (χ1n) is 10.1. The zero-order valence-electron chi connectivity index (χ0n) is 17.9. The van der Waals surface area contributed by atoms with Crippen LogP contribution in [0.25, 0.3) is 22.2 Å². The summed E-state index contributed by atoms with van der Waals surface area (Å²) in [5.41, 5.74) is 3.77. The van der Waals surface area contributed by atoms with E-state index in [0.717, 1.165) is 16.0 Å². The van der Waals surface area contributed by atoms with Crippen LogP contribution in [0, 0.1) is 6.92 Å². The van der Waals surface area contributed by atoms with E-state index in [2.05, 4.69) is 5.32 Å². The van der Waals surface area contributed by atoms with E-state index >= 15 is 0 Å². The maximum atomic E-state index is 13.5. The van der Waals surface area contributed by atoms with Crippen molar-refractivity contribution in [1.82, 2.24) is 4.98 Å². The van der Waals surface area contributed by atoms with Crippen LogP contribution in [-0.2, 0) is 11.2 Å². The minimum Gasteiger partial charge on any atom is -0.465 e. The molecule has 7 heteroatoms. The summed E-state index contributed by atoms with van der Waals surface area (Å²) in [4.78, 5) is 31.6. The normalized spacial score (nSPS) is 10.9. The highest BCUT2D eigenvalue weighted by Crippen LogP contribution is 2.35. The number of para-hydroxylation sites is 1. The molecule has 0 aliphatic carbocycles. The van der Waals surface area contributed by atoms with Gasteiger partial charge in [-0.25, -0.2) is 9.78 Å². The van der Waals surface area contributed by atoms with Crippen LogP contribution in [0.5, 0.6) is 0 Å². The molecule has 1 amide bonds. The number of carbonyl (C=O) groups excluding carboxylic acids is 2. The van der Waals surface area contributed by atoms with Gasteiger partial charge in [-0.15, -0.1) is 11.3 Å². The van der Waals surface area contributed by atoms with Gasteiger partial charge < -0.3 is 10.1 Å². The summed E-state index contributed by atoms with van der Waals surface area (Å²) in [7, 11) is 1.34. The lowest BCUT2D eigenvalue weighted by Gasteiger charge is -2.12. The molecule has 0 bridgehead atoms. The molecule has 0 unspecified atom stereocenters. The SMILES string of the molecule is CCc1c(C)sc(NC(=O)c2cc(-c3ccccc3Cl)nc3ccccc23)c1C(=O)OC. The highest BCUT2D eigenvalue weighted by atomic mass is 35.5. The highest BCUT2D eigenvalue weighted by molar-refractivity contribution is 7.16. The van der Waals surface area contributed by atoms with Crippen molar-refractivity contribution in [1.29, 1.82) is 0 Å². The largest absolute Gasteiger partial charge is 0.465 e. The number of aromatic nitrogens is 1. The number of fused-ring (bicyclic) bond motifs is 1. The summed E-state index contributed by atoms with van der Waals surface area (Å²) >= 11 is 7.76. The van der Waals surface area contributed by atoms with Crippen LogP contribution in [0.2, 0.25) is 5.02 Å². The number of nitrogens with one attached hydrogen (secondary N) is 1. The average molecular weight is 465 g/mol. The molecule has 5 nitrogen and oxygen atoms in total. The zero-order valence-corrected chi connectivity index (χ0v) is 19.4. The third-order valence-corrected chi connectivity index (χ3v) is 6.68. The maximum absolute atomic E-state index is 13.5. The van der Waals surface area contributed by atoms with Crippen LogP contribution in [-0.4, -0.2) is 24.0 Å². The van der Waals surface area contributed by atoms with Crippen molar-refractivity contribution < 1.29 is 14.3 Å². The van der Waals surface area contributed by atoms with Gasteiger partial charge in [-0.1, -0.05) is 54.9 Å². The number of amides is 1. The number of ether oxygens (including phenoxy) is 1. The molecule has 4 rings (SSSR count). The van der Waals surface area contributed by atoms with Crippen LogP contribution in [0.15, 0.2) is 54.6 Å². The lowest BCUT2D eigenvalue weighted by atomic mass is 10.0. The van der Waals surface area contributed by atoms with Gasteiger partial charge in [0.15, 0.2) is 0 Å². The van der Waals surface area contributed by atoms with Gasteiger partial charge in [0.05, 0.1) is 29.4 Å². The van der Waals surface area contributed by atoms with Gasteiger partial charge in [0.25, 0.3) is 5.91 Å². The first kappa shape index (κ1) is 22.0. The van der Waals surface area contributed by atoms with Gasteiger partial charge in [0, 0.05) is 20.8 Å². The number of aryl methyl sites for hydroxylation is 1. The summed E-state index contributed by atoms with van der Waals surface area (Å²) in [6, 6.07) is 16.6. The Balaban J connectivity index is 1.83. The van der Waals surface area contributed by atoms with Crippen molar-refractivity contribution >= 4 is 50.7 Å². The van der Waals surface area contributed by atoms with Crippen LogP contribution in [0.3, 0.4) is 0 Å². The third-order valence-electron chi connectivity index (χ3n) is 5.29. The number of nitrogens with zero attached hydrogens (tertiary/aromatic N) is 1. The topological polar surface area (TPSA) is 68.3 Å².